The number of carbonyl (C=O) groups excluding carboxylic acids is 1. The number of hydrogen-bond donors (Lipinski definition) is 1. The smallest absolute Gasteiger partial charge is 0.481 e. The molecule has 24 heavy (non-hydrogen) atoms. The molecule has 0 aliphatic rings. The molecule has 0 aliphatic carbocycles. The minimum absolute atomic E-state index is 0.0124. The van der Waals surface area contributed by atoms with Gasteiger partial charge in [0.05, 0.1) is 12.5 Å². The van der Waals surface area contributed by atoms with E-state index in [1.807, 2.05) is 0 Å². The van der Waals surface area contributed by atoms with Gasteiger partial charge in [-0.3, -0.25) is 9.59 Å². The predicted molar refractivity (Wildman–Crippen MR) is 73.9 cm³/mol. The molecule has 0 aromatic heterocycles. The van der Waals surface area contributed by atoms with Crippen molar-refractivity contribution in [2.75, 3.05) is 6.61 Å². The van der Waals surface area contributed by atoms with Crippen LogP contribution in [0.15, 0.2) is 18.2 Å². The summed E-state index contributed by atoms with van der Waals surface area (Å²) in [6.07, 6.45) is -5.12. The van der Waals surface area contributed by atoms with Crippen molar-refractivity contribution in [3.63, 3.8) is 0 Å². The Kier molecular flexibility index (Phi) is 6.99. The van der Waals surface area contributed by atoms with Crippen molar-refractivity contribution in [1.29, 1.82) is 0 Å². The summed E-state index contributed by atoms with van der Waals surface area (Å²) in [6.45, 7) is 1.58. The van der Waals surface area contributed by atoms with Crippen molar-refractivity contribution in [3.8, 4) is 5.75 Å². The van der Waals surface area contributed by atoms with Gasteiger partial charge < -0.3 is 14.6 Å². The summed E-state index contributed by atoms with van der Waals surface area (Å²) in [5, 5.41) is 8.62. The highest BCUT2D eigenvalue weighted by Gasteiger charge is 2.32. The lowest BCUT2D eigenvalue weighted by atomic mass is 9.93. The average Bonchev–Trinajstić information content (AvgIpc) is 2.43. The summed E-state index contributed by atoms with van der Waals surface area (Å²) < 4.78 is 58.9. The highest BCUT2D eigenvalue weighted by atomic mass is 19.4. The molecule has 5 nitrogen and oxygen atoms in total. The molecule has 1 unspecified atom stereocenters. The number of alkyl halides is 3. The molecule has 0 fully saturated rings. The second-order valence-corrected chi connectivity index (χ2v) is 4.82. The minimum atomic E-state index is -4.96. The molecule has 0 saturated carbocycles. The number of esters is 1. The number of hydrogen-bond acceptors (Lipinski definition) is 4. The number of carboxylic acids is 1. The van der Waals surface area contributed by atoms with Gasteiger partial charge in [-0.2, -0.15) is 0 Å². The molecule has 1 atom stereocenters. The predicted octanol–water partition coefficient (Wildman–Crippen LogP) is 3.63. The van der Waals surface area contributed by atoms with Crippen molar-refractivity contribution < 1.29 is 41.7 Å². The van der Waals surface area contributed by atoms with Crippen molar-refractivity contribution in [1.82, 2.24) is 0 Å². The van der Waals surface area contributed by atoms with Crippen LogP contribution in [0.3, 0.4) is 0 Å². The largest absolute Gasteiger partial charge is 0.573 e. The zero-order valence-corrected chi connectivity index (χ0v) is 12.7. The third-order valence-corrected chi connectivity index (χ3v) is 3.04. The number of ether oxygens (including phenoxy) is 2. The van der Waals surface area contributed by atoms with E-state index in [1.165, 1.54) is 0 Å². The topological polar surface area (TPSA) is 72.8 Å². The van der Waals surface area contributed by atoms with Gasteiger partial charge in [0, 0.05) is 18.1 Å². The molecule has 0 bridgehead atoms. The lowest BCUT2D eigenvalue weighted by Crippen LogP contribution is -2.19. The Hall–Kier alpha value is -2.32. The van der Waals surface area contributed by atoms with Gasteiger partial charge in [0.2, 0.25) is 0 Å². The molecule has 0 saturated heterocycles. The number of carbonyl (C=O) groups is 2. The molecule has 0 radical (unpaired) electrons. The Bertz CT molecular complexity index is 586. The fourth-order valence-electron chi connectivity index (χ4n) is 2.09. The Morgan fingerprint density at radius 1 is 1.29 bits per heavy atom. The van der Waals surface area contributed by atoms with E-state index in [4.69, 9.17) is 9.84 Å². The highest BCUT2D eigenvalue weighted by Crippen LogP contribution is 2.30. The summed E-state index contributed by atoms with van der Waals surface area (Å²) >= 11 is 0. The zero-order valence-electron chi connectivity index (χ0n) is 12.7. The fraction of sp³-hybridized carbons (Fsp3) is 0.467. The molecule has 9 heteroatoms. The first kappa shape index (κ1) is 19.7. The van der Waals surface area contributed by atoms with Crippen LogP contribution in [0.4, 0.5) is 17.6 Å². The molecule has 134 valence electrons. The summed E-state index contributed by atoms with van der Waals surface area (Å²) in [5.41, 5.74) is -0.173. The maximum atomic E-state index is 14.1. The quantitative estimate of drug-likeness (QED) is 0.571. The molecular weight excluding hydrogens is 336 g/mol. The van der Waals surface area contributed by atoms with E-state index >= 15 is 0 Å². The third kappa shape index (κ3) is 6.43. The van der Waals surface area contributed by atoms with Crippen LogP contribution in [-0.2, 0) is 14.3 Å². The Labute approximate surface area is 135 Å². The molecule has 0 spiro atoms. The van der Waals surface area contributed by atoms with Gasteiger partial charge in [0.25, 0.3) is 0 Å². The number of halogens is 4. The Morgan fingerprint density at radius 3 is 2.46 bits per heavy atom. The van der Waals surface area contributed by atoms with Gasteiger partial charge in [0.1, 0.15) is 11.6 Å². The van der Waals surface area contributed by atoms with Crippen LogP contribution in [0.2, 0.25) is 0 Å². The van der Waals surface area contributed by atoms with Crippen molar-refractivity contribution in [2.24, 2.45) is 0 Å². The fourth-order valence-corrected chi connectivity index (χ4v) is 2.09. The third-order valence-electron chi connectivity index (χ3n) is 3.04. The van der Waals surface area contributed by atoms with Crippen LogP contribution in [0.1, 0.15) is 37.7 Å². The lowest BCUT2D eigenvalue weighted by molar-refractivity contribution is -0.274. The van der Waals surface area contributed by atoms with E-state index in [-0.39, 0.29) is 31.4 Å². The van der Waals surface area contributed by atoms with Crippen LogP contribution < -0.4 is 4.74 Å². The van der Waals surface area contributed by atoms with Crippen LogP contribution in [0, 0.1) is 5.82 Å². The molecule has 1 aromatic carbocycles. The summed E-state index contributed by atoms with van der Waals surface area (Å²) in [4.78, 5) is 22.5. The molecule has 0 heterocycles. The second kappa shape index (κ2) is 8.51. The number of carboxylic acid groups (broad SMARTS) is 1. The monoisotopic (exact) mass is 352 g/mol. The van der Waals surface area contributed by atoms with E-state index in [9.17, 15) is 27.2 Å². The van der Waals surface area contributed by atoms with Gasteiger partial charge in [-0.25, -0.2) is 4.39 Å². The number of aliphatic carboxylic acids is 1. The van der Waals surface area contributed by atoms with E-state index in [0.29, 0.717) is 6.07 Å². The molecule has 1 rings (SSSR count). The first-order chi connectivity index (χ1) is 11.1. The van der Waals surface area contributed by atoms with Crippen LogP contribution in [0.5, 0.6) is 5.75 Å². The van der Waals surface area contributed by atoms with Gasteiger partial charge in [-0.05, 0) is 25.8 Å². The molecule has 1 N–H and O–H groups in total. The second-order valence-electron chi connectivity index (χ2n) is 4.82. The number of rotatable bonds is 8. The van der Waals surface area contributed by atoms with Crippen molar-refractivity contribution in [2.45, 2.75) is 38.5 Å². The SMILES string of the molecule is CCOC(=O)C(CCCC(=O)O)c1ccc(OC(F)(F)F)cc1F. The maximum Gasteiger partial charge on any atom is 0.573 e. The highest BCUT2D eigenvalue weighted by molar-refractivity contribution is 5.78. The first-order valence-electron chi connectivity index (χ1n) is 7.07. The first-order valence-corrected chi connectivity index (χ1v) is 7.07. The van der Waals surface area contributed by atoms with Crippen LogP contribution >= 0.6 is 0 Å². The Balaban J connectivity index is 2.99. The Morgan fingerprint density at radius 2 is 1.96 bits per heavy atom. The zero-order chi connectivity index (χ0) is 18.3. The minimum Gasteiger partial charge on any atom is -0.481 e. The normalized spacial score (nSPS) is 12.5. The molecule has 0 aliphatic heterocycles. The van der Waals surface area contributed by atoms with Crippen molar-refractivity contribution >= 4 is 11.9 Å². The van der Waals surface area contributed by atoms with E-state index < -0.39 is 35.8 Å². The van der Waals surface area contributed by atoms with Gasteiger partial charge >= 0.3 is 18.3 Å². The maximum absolute atomic E-state index is 14.1. The molecular formula is C15H16F4O5. The summed E-state index contributed by atoms with van der Waals surface area (Å²) in [6, 6.07) is 2.40. The van der Waals surface area contributed by atoms with Gasteiger partial charge in [0.15, 0.2) is 0 Å². The molecule has 0 amide bonds. The van der Waals surface area contributed by atoms with E-state index in [0.717, 1.165) is 12.1 Å². The average molecular weight is 352 g/mol. The number of benzene rings is 1. The molecule has 1 aromatic rings. The van der Waals surface area contributed by atoms with Gasteiger partial charge in [-0.15, -0.1) is 13.2 Å². The summed E-state index contributed by atoms with van der Waals surface area (Å²) in [7, 11) is 0. The van der Waals surface area contributed by atoms with E-state index in [2.05, 4.69) is 4.74 Å². The van der Waals surface area contributed by atoms with Crippen LogP contribution in [0.25, 0.3) is 0 Å². The van der Waals surface area contributed by atoms with Gasteiger partial charge in [-0.1, -0.05) is 6.07 Å². The summed E-state index contributed by atoms with van der Waals surface area (Å²) in [5.74, 6) is -4.77. The lowest BCUT2D eigenvalue weighted by Gasteiger charge is -2.17. The van der Waals surface area contributed by atoms with Crippen LogP contribution in [-0.4, -0.2) is 30.0 Å². The van der Waals surface area contributed by atoms with E-state index in [1.54, 1.807) is 6.92 Å². The standard InChI is InChI=1S/C15H16F4O5/c1-2-23-14(22)11(4-3-5-13(20)21)10-7-6-9(8-12(10)16)24-15(17,18)19/h6-8,11H,2-5H2,1H3,(H,20,21). The van der Waals surface area contributed by atoms with Crippen molar-refractivity contribution in [3.05, 3.63) is 29.6 Å².